The van der Waals surface area contributed by atoms with E-state index in [9.17, 15) is 0 Å². The lowest BCUT2D eigenvalue weighted by Gasteiger charge is -2.12. The van der Waals surface area contributed by atoms with E-state index < -0.39 is 11.2 Å². The molecule has 0 bridgehead atoms. The molecular formula is C3H8O4Si. The Labute approximate surface area is 49.1 Å². The average molecular weight is 136 g/mol. The molecule has 0 aliphatic carbocycles. The van der Waals surface area contributed by atoms with Crippen LogP contribution in [0.25, 0.3) is 0 Å². The fourth-order valence-electron chi connectivity index (χ4n) is 0.122. The minimum Gasteiger partial charge on any atom is -0.512 e. The molecule has 0 saturated heterocycles. The predicted molar refractivity (Wildman–Crippen MR) is 30.4 cm³/mol. The summed E-state index contributed by atoms with van der Waals surface area (Å²) in [5.74, 6) is -0.816. The summed E-state index contributed by atoms with van der Waals surface area (Å²) < 4.78 is 0. The van der Waals surface area contributed by atoms with Crippen molar-refractivity contribution in [1.82, 2.24) is 0 Å². The molecule has 0 aromatic heterocycles. The summed E-state index contributed by atoms with van der Waals surface area (Å²) in [5.41, 5.74) is -2.19. The number of aliphatic hydroxyl groups excluding tert-OH is 2. The monoisotopic (exact) mass is 136 g/mol. The Hall–Kier alpha value is -0.523. The Morgan fingerprint density at radius 2 is 1.88 bits per heavy atom. The molecule has 0 atom stereocenters. The van der Waals surface area contributed by atoms with E-state index in [0.717, 1.165) is 0 Å². The molecule has 4 nitrogen and oxygen atoms in total. The van der Waals surface area contributed by atoms with Gasteiger partial charge in [0.15, 0.2) is 11.2 Å². The van der Waals surface area contributed by atoms with Crippen LogP contribution < -0.4 is 0 Å². The van der Waals surface area contributed by atoms with E-state index in [1.165, 1.54) is 0 Å². The maximum Gasteiger partial charge on any atom is 0.195 e. The predicted octanol–water partition coefficient (Wildman–Crippen LogP) is -2.05. The first-order chi connectivity index (χ1) is 3.48. The van der Waals surface area contributed by atoms with Crippen molar-refractivity contribution in [1.29, 1.82) is 0 Å². The minimum atomic E-state index is -2.19. The molecule has 0 aliphatic rings. The Morgan fingerprint density at radius 3 is 1.88 bits per heavy atom. The van der Waals surface area contributed by atoms with E-state index in [2.05, 4.69) is 0 Å². The van der Waals surface area contributed by atoms with Gasteiger partial charge in [-0.3, -0.25) is 0 Å². The summed E-state index contributed by atoms with van der Waals surface area (Å²) >= 11 is 0. The van der Waals surface area contributed by atoms with Gasteiger partial charge in [0.25, 0.3) is 0 Å². The highest BCUT2D eigenvalue weighted by molar-refractivity contribution is 6.14. The van der Waals surface area contributed by atoms with Crippen molar-refractivity contribution in [2.45, 2.75) is 5.41 Å². The molecule has 0 aliphatic heterocycles. The molecule has 4 N–H and O–H groups in total. The molecule has 0 saturated carbocycles. The van der Waals surface area contributed by atoms with Crippen LogP contribution in [0.1, 0.15) is 0 Å². The van der Waals surface area contributed by atoms with E-state index >= 15 is 0 Å². The van der Waals surface area contributed by atoms with Crippen molar-refractivity contribution in [3.05, 3.63) is 12.0 Å². The summed E-state index contributed by atoms with van der Waals surface area (Å²) in [7, 11) is -0.0456. The van der Waals surface area contributed by atoms with Gasteiger partial charge in [-0.05, 0) is 0 Å². The Bertz CT molecular complexity index is 102. The average Bonchev–Trinajstić information content (AvgIpc) is 1.62. The van der Waals surface area contributed by atoms with Crippen LogP contribution in [0.5, 0.6) is 0 Å². The number of rotatable bonds is 1. The first-order valence-electron chi connectivity index (χ1n) is 1.97. The molecule has 0 rings (SSSR count). The lowest BCUT2D eigenvalue weighted by Crippen LogP contribution is -2.30. The van der Waals surface area contributed by atoms with Crippen molar-refractivity contribution in [2.75, 3.05) is 0 Å². The van der Waals surface area contributed by atoms with E-state index in [1.54, 1.807) is 0 Å². The number of hydrogen-bond acceptors (Lipinski definition) is 4. The SMILES string of the molecule is OC=C(O)C(O)(O)[SiH3]. The van der Waals surface area contributed by atoms with Crippen molar-refractivity contribution in [3.8, 4) is 0 Å². The topological polar surface area (TPSA) is 80.9 Å². The van der Waals surface area contributed by atoms with Crippen molar-refractivity contribution >= 4 is 10.2 Å². The van der Waals surface area contributed by atoms with Crippen LogP contribution in [0.4, 0.5) is 0 Å². The van der Waals surface area contributed by atoms with Crippen LogP contribution in [-0.4, -0.2) is 36.1 Å². The van der Waals surface area contributed by atoms with E-state index in [0.29, 0.717) is 0 Å². The minimum absolute atomic E-state index is 0.0456. The third-order valence-corrected chi connectivity index (χ3v) is 1.12. The molecule has 8 heavy (non-hydrogen) atoms. The van der Waals surface area contributed by atoms with Crippen molar-refractivity contribution < 1.29 is 20.4 Å². The molecule has 0 fully saturated rings. The van der Waals surface area contributed by atoms with Crippen LogP contribution in [0.3, 0.4) is 0 Å². The molecule has 0 heterocycles. The Kier molecular flexibility index (Phi) is 2.02. The van der Waals surface area contributed by atoms with Crippen LogP contribution in [0.15, 0.2) is 12.0 Å². The van der Waals surface area contributed by atoms with Crippen LogP contribution in [0, 0.1) is 0 Å². The van der Waals surface area contributed by atoms with Gasteiger partial charge >= 0.3 is 0 Å². The second kappa shape index (κ2) is 2.16. The van der Waals surface area contributed by atoms with Gasteiger partial charge < -0.3 is 20.4 Å². The van der Waals surface area contributed by atoms with Crippen LogP contribution >= 0.6 is 0 Å². The summed E-state index contributed by atoms with van der Waals surface area (Å²) in [6.45, 7) is 0. The zero-order valence-electron chi connectivity index (χ0n) is 4.37. The van der Waals surface area contributed by atoms with Gasteiger partial charge in [0.05, 0.1) is 10.2 Å². The first-order valence-corrected chi connectivity index (χ1v) is 2.97. The summed E-state index contributed by atoms with van der Waals surface area (Å²) in [5, 5.41) is 33.2. The zero-order chi connectivity index (χ0) is 6.78. The highest BCUT2D eigenvalue weighted by Crippen LogP contribution is 2.02. The summed E-state index contributed by atoms with van der Waals surface area (Å²) in [4.78, 5) is 0. The molecule has 0 aromatic carbocycles. The van der Waals surface area contributed by atoms with Crippen molar-refractivity contribution in [3.63, 3.8) is 0 Å². The largest absolute Gasteiger partial charge is 0.512 e. The second-order valence-corrected chi connectivity index (χ2v) is 2.93. The molecular weight excluding hydrogens is 128 g/mol. The fraction of sp³-hybridized carbons (Fsp3) is 0.333. The molecule has 0 radical (unpaired) electrons. The second-order valence-electron chi connectivity index (χ2n) is 1.54. The molecule has 5 heteroatoms. The van der Waals surface area contributed by atoms with Gasteiger partial charge in [-0.15, -0.1) is 0 Å². The van der Waals surface area contributed by atoms with Crippen molar-refractivity contribution in [2.24, 2.45) is 0 Å². The van der Waals surface area contributed by atoms with Gasteiger partial charge in [0.2, 0.25) is 0 Å². The van der Waals surface area contributed by atoms with Gasteiger partial charge in [-0.25, -0.2) is 0 Å². The molecule has 48 valence electrons. The van der Waals surface area contributed by atoms with Gasteiger partial charge in [-0.1, -0.05) is 0 Å². The third kappa shape index (κ3) is 1.96. The summed E-state index contributed by atoms with van der Waals surface area (Å²) in [6.07, 6.45) is 0.257. The Balaban J connectivity index is 4.03. The van der Waals surface area contributed by atoms with E-state index in [-0.39, 0.29) is 16.5 Å². The zero-order valence-corrected chi connectivity index (χ0v) is 6.37. The van der Waals surface area contributed by atoms with Gasteiger partial charge in [-0.2, -0.15) is 0 Å². The quantitative estimate of drug-likeness (QED) is 0.190. The lowest BCUT2D eigenvalue weighted by atomic mass is 10.5. The standard InChI is InChI=1S/C3H8O4Si/c4-1-2(5)3(6,7)8/h1,4-7H,8H3. The smallest absolute Gasteiger partial charge is 0.195 e. The molecule has 0 unspecified atom stereocenters. The molecule has 0 spiro atoms. The van der Waals surface area contributed by atoms with Gasteiger partial charge in [0.1, 0.15) is 6.26 Å². The Morgan fingerprint density at radius 1 is 1.50 bits per heavy atom. The fourth-order valence-corrected chi connectivity index (χ4v) is 0.251. The number of hydrogen-bond donors (Lipinski definition) is 4. The highest BCUT2D eigenvalue weighted by Gasteiger charge is 2.20. The highest BCUT2D eigenvalue weighted by atomic mass is 28.1. The van der Waals surface area contributed by atoms with E-state index in [4.69, 9.17) is 20.4 Å². The molecule has 0 amide bonds. The van der Waals surface area contributed by atoms with Gasteiger partial charge in [0, 0.05) is 0 Å². The number of aliphatic hydroxyl groups is 4. The third-order valence-electron chi connectivity index (χ3n) is 0.608. The van der Waals surface area contributed by atoms with Crippen LogP contribution in [0.2, 0.25) is 0 Å². The first kappa shape index (κ1) is 7.48. The van der Waals surface area contributed by atoms with Crippen LogP contribution in [-0.2, 0) is 0 Å². The maximum atomic E-state index is 8.43. The maximum absolute atomic E-state index is 8.43. The lowest BCUT2D eigenvalue weighted by molar-refractivity contribution is -0.0817. The summed E-state index contributed by atoms with van der Waals surface area (Å²) in [6, 6.07) is 0. The van der Waals surface area contributed by atoms with E-state index in [1.807, 2.05) is 0 Å². The molecule has 0 aromatic rings. The normalized spacial score (nSPS) is 14.5.